The molecule has 25 heavy (non-hydrogen) atoms. The first-order valence-corrected chi connectivity index (χ1v) is 8.43. The minimum absolute atomic E-state index is 0.200. The van der Waals surface area contributed by atoms with Crippen molar-refractivity contribution in [1.82, 2.24) is 14.8 Å². The first-order valence-electron chi connectivity index (χ1n) is 7.55. The first kappa shape index (κ1) is 17.0. The highest BCUT2D eigenvalue weighted by molar-refractivity contribution is 7.13. The number of aromatic nitrogens is 1. The van der Waals surface area contributed by atoms with Gasteiger partial charge in [-0.3, -0.25) is 14.4 Å². The van der Waals surface area contributed by atoms with Gasteiger partial charge in [0.2, 0.25) is 5.91 Å². The number of anilines is 1. The summed E-state index contributed by atoms with van der Waals surface area (Å²) in [5.41, 5.74) is 0.734. The number of rotatable bonds is 5. The molecule has 0 aliphatic carbocycles. The lowest BCUT2D eigenvalue weighted by molar-refractivity contribution is -0.157. The molecular formula is C16H15FN4O3S. The molecule has 3 rings (SSSR count). The van der Waals surface area contributed by atoms with Gasteiger partial charge in [0.25, 0.3) is 0 Å². The minimum Gasteiger partial charge on any atom is -0.328 e. The van der Waals surface area contributed by atoms with E-state index in [9.17, 15) is 18.8 Å². The molecule has 1 N–H and O–H groups in total. The number of amides is 3. The van der Waals surface area contributed by atoms with Crippen LogP contribution in [0.4, 0.5) is 9.52 Å². The van der Waals surface area contributed by atoms with Gasteiger partial charge in [-0.1, -0.05) is 12.1 Å². The van der Waals surface area contributed by atoms with Gasteiger partial charge in [-0.25, -0.2) is 9.37 Å². The third-order valence-corrected chi connectivity index (χ3v) is 4.39. The summed E-state index contributed by atoms with van der Waals surface area (Å²) in [6, 6.07) is 5.75. The van der Waals surface area contributed by atoms with Crippen LogP contribution >= 0.6 is 11.3 Å². The second-order valence-electron chi connectivity index (χ2n) is 5.47. The average Bonchev–Trinajstić information content (AvgIpc) is 3.09. The zero-order valence-corrected chi connectivity index (χ0v) is 14.0. The maximum absolute atomic E-state index is 12.9. The predicted octanol–water partition coefficient (Wildman–Crippen LogP) is 1.09. The molecule has 9 heteroatoms. The number of benzene rings is 1. The monoisotopic (exact) mass is 362 g/mol. The number of hydrogen-bond donors (Lipinski definition) is 1. The molecule has 7 nitrogen and oxygen atoms in total. The molecule has 0 spiro atoms. The van der Waals surface area contributed by atoms with Crippen LogP contribution < -0.4 is 5.32 Å². The molecule has 1 aliphatic heterocycles. The molecule has 1 aliphatic rings. The molecule has 130 valence electrons. The van der Waals surface area contributed by atoms with Crippen molar-refractivity contribution < 1.29 is 18.8 Å². The van der Waals surface area contributed by atoms with Crippen LogP contribution in [0, 0.1) is 5.82 Å². The standard InChI is InChI=1S/C16H15FN4O3S/c17-12-3-1-11(2-4-12)9-20-6-7-21(15(24)14(20)23)10-13(22)19-16-18-5-8-25-16/h1-5,8H,6-7,9-10H2,(H,18,19,22). The van der Waals surface area contributed by atoms with Crippen LogP contribution in [0.5, 0.6) is 0 Å². The number of nitrogens with one attached hydrogen (secondary N) is 1. The topological polar surface area (TPSA) is 82.6 Å². The van der Waals surface area contributed by atoms with Crippen molar-refractivity contribution in [1.29, 1.82) is 0 Å². The van der Waals surface area contributed by atoms with E-state index in [1.165, 1.54) is 33.3 Å². The largest absolute Gasteiger partial charge is 0.328 e. The van der Waals surface area contributed by atoms with Gasteiger partial charge in [0.05, 0.1) is 0 Å². The number of halogens is 1. The van der Waals surface area contributed by atoms with Gasteiger partial charge in [-0.05, 0) is 17.7 Å². The van der Waals surface area contributed by atoms with Crippen molar-refractivity contribution >= 4 is 34.2 Å². The second kappa shape index (κ2) is 7.39. The Kier molecular flexibility index (Phi) is 5.03. The predicted molar refractivity (Wildman–Crippen MR) is 89.1 cm³/mol. The maximum Gasteiger partial charge on any atom is 0.312 e. The van der Waals surface area contributed by atoms with Crippen molar-refractivity contribution in [2.45, 2.75) is 6.54 Å². The number of carbonyl (C=O) groups is 3. The lowest BCUT2D eigenvalue weighted by Gasteiger charge is -2.33. The third kappa shape index (κ3) is 4.18. The van der Waals surface area contributed by atoms with Gasteiger partial charge >= 0.3 is 11.8 Å². The fourth-order valence-corrected chi connectivity index (χ4v) is 2.99. The van der Waals surface area contributed by atoms with E-state index in [0.29, 0.717) is 11.7 Å². The molecule has 3 amide bonds. The van der Waals surface area contributed by atoms with Crippen LogP contribution in [0.1, 0.15) is 5.56 Å². The van der Waals surface area contributed by atoms with Crippen molar-refractivity contribution in [3.63, 3.8) is 0 Å². The van der Waals surface area contributed by atoms with Gasteiger partial charge in [-0.15, -0.1) is 11.3 Å². The van der Waals surface area contributed by atoms with Gasteiger partial charge in [0, 0.05) is 31.2 Å². The van der Waals surface area contributed by atoms with Crippen molar-refractivity contribution in [3.8, 4) is 0 Å². The number of piperazine rings is 1. The van der Waals surface area contributed by atoms with E-state index in [4.69, 9.17) is 0 Å². The Hall–Kier alpha value is -2.81. The third-order valence-electron chi connectivity index (χ3n) is 3.70. The number of thiazole rings is 1. The fourth-order valence-electron chi connectivity index (χ4n) is 2.44. The molecule has 2 aromatic rings. The molecule has 0 bridgehead atoms. The van der Waals surface area contributed by atoms with Gasteiger partial charge in [0.1, 0.15) is 12.4 Å². The van der Waals surface area contributed by atoms with Crippen LogP contribution in [0.3, 0.4) is 0 Å². The van der Waals surface area contributed by atoms with E-state index in [-0.39, 0.29) is 25.5 Å². The fraction of sp³-hybridized carbons (Fsp3) is 0.250. The molecule has 1 fully saturated rings. The van der Waals surface area contributed by atoms with Crippen molar-refractivity contribution in [3.05, 3.63) is 47.2 Å². The number of nitrogens with zero attached hydrogens (tertiary/aromatic N) is 3. The van der Waals surface area contributed by atoms with Crippen LogP contribution in [0.15, 0.2) is 35.8 Å². The minimum atomic E-state index is -0.720. The Balaban J connectivity index is 1.56. The molecule has 1 aromatic heterocycles. The maximum atomic E-state index is 12.9. The molecule has 0 atom stereocenters. The zero-order chi connectivity index (χ0) is 17.8. The van der Waals surface area contributed by atoms with Gasteiger partial charge in [0.15, 0.2) is 5.13 Å². The Morgan fingerprint density at radius 2 is 1.84 bits per heavy atom. The summed E-state index contributed by atoms with van der Waals surface area (Å²) < 4.78 is 12.9. The summed E-state index contributed by atoms with van der Waals surface area (Å²) >= 11 is 1.27. The molecule has 2 heterocycles. The van der Waals surface area contributed by atoms with Crippen LogP contribution in [0.2, 0.25) is 0 Å². The van der Waals surface area contributed by atoms with Crippen LogP contribution in [-0.4, -0.2) is 52.1 Å². The summed E-state index contributed by atoms with van der Waals surface area (Å²) in [7, 11) is 0. The van der Waals surface area contributed by atoms with Crippen molar-refractivity contribution in [2.24, 2.45) is 0 Å². The summed E-state index contributed by atoms with van der Waals surface area (Å²) in [5, 5.41) is 4.74. The quantitative estimate of drug-likeness (QED) is 0.808. The van der Waals surface area contributed by atoms with E-state index >= 15 is 0 Å². The SMILES string of the molecule is O=C(CN1CCN(Cc2ccc(F)cc2)C(=O)C1=O)Nc1nccs1. The Morgan fingerprint density at radius 1 is 1.16 bits per heavy atom. The van der Waals surface area contributed by atoms with Gasteiger partial charge < -0.3 is 15.1 Å². The van der Waals surface area contributed by atoms with Gasteiger partial charge in [-0.2, -0.15) is 0 Å². The van der Waals surface area contributed by atoms with Crippen LogP contribution in [0.25, 0.3) is 0 Å². The number of carbonyl (C=O) groups excluding carboxylic acids is 3. The summed E-state index contributed by atoms with van der Waals surface area (Å²) in [4.78, 5) is 42.9. The second-order valence-corrected chi connectivity index (χ2v) is 6.36. The Labute approximate surface area is 147 Å². The van der Waals surface area contributed by atoms with E-state index in [1.807, 2.05) is 0 Å². The van der Waals surface area contributed by atoms with E-state index in [1.54, 1.807) is 23.7 Å². The molecule has 1 aromatic carbocycles. The highest BCUT2D eigenvalue weighted by atomic mass is 32.1. The normalized spacial score (nSPS) is 14.8. The number of hydrogen-bond acceptors (Lipinski definition) is 5. The smallest absolute Gasteiger partial charge is 0.312 e. The molecule has 1 saturated heterocycles. The summed E-state index contributed by atoms with van der Waals surface area (Å²) in [5.74, 6) is -2.15. The zero-order valence-electron chi connectivity index (χ0n) is 13.1. The van der Waals surface area contributed by atoms with Crippen molar-refractivity contribution in [2.75, 3.05) is 25.0 Å². The average molecular weight is 362 g/mol. The van der Waals surface area contributed by atoms with E-state index in [0.717, 1.165) is 5.56 Å². The van der Waals surface area contributed by atoms with E-state index < -0.39 is 17.7 Å². The molecule has 0 unspecified atom stereocenters. The molecule has 0 radical (unpaired) electrons. The van der Waals surface area contributed by atoms with Crippen LogP contribution in [-0.2, 0) is 20.9 Å². The molecule has 0 saturated carbocycles. The Morgan fingerprint density at radius 3 is 2.52 bits per heavy atom. The first-order chi connectivity index (χ1) is 12.0. The Bertz CT molecular complexity index is 779. The van der Waals surface area contributed by atoms with E-state index in [2.05, 4.69) is 10.3 Å². The lowest BCUT2D eigenvalue weighted by atomic mass is 10.2. The summed E-state index contributed by atoms with van der Waals surface area (Å²) in [6.07, 6.45) is 1.56. The summed E-state index contributed by atoms with van der Waals surface area (Å²) in [6.45, 7) is 0.599. The lowest BCUT2D eigenvalue weighted by Crippen LogP contribution is -2.55. The highest BCUT2D eigenvalue weighted by Crippen LogP contribution is 2.13. The highest BCUT2D eigenvalue weighted by Gasteiger charge is 2.33. The molecular weight excluding hydrogens is 347 g/mol.